The van der Waals surface area contributed by atoms with Crippen molar-refractivity contribution in [2.45, 2.75) is 26.2 Å². The van der Waals surface area contributed by atoms with E-state index in [4.69, 9.17) is 0 Å². The molecular formula is C20H22N4OS. The molecule has 1 amide bonds. The summed E-state index contributed by atoms with van der Waals surface area (Å²) in [6.45, 7) is 5.03. The van der Waals surface area contributed by atoms with E-state index in [1.165, 1.54) is 16.9 Å². The Morgan fingerprint density at radius 1 is 1.35 bits per heavy atom. The molecule has 134 valence electrons. The number of rotatable bonds is 2. The molecule has 3 heterocycles. The predicted octanol–water partition coefficient (Wildman–Crippen LogP) is 3.10. The zero-order valence-electron chi connectivity index (χ0n) is 14.9. The summed E-state index contributed by atoms with van der Waals surface area (Å²) in [7, 11) is 0. The van der Waals surface area contributed by atoms with Crippen molar-refractivity contribution in [3.05, 3.63) is 45.3 Å². The second-order valence-corrected chi connectivity index (χ2v) is 8.31. The maximum absolute atomic E-state index is 12.9. The highest BCUT2D eigenvalue weighted by molar-refractivity contribution is 7.14. The first kappa shape index (κ1) is 17.0. The predicted molar refractivity (Wildman–Crippen MR) is 103 cm³/mol. The lowest BCUT2D eigenvalue weighted by molar-refractivity contribution is 0.0751. The molecule has 1 aliphatic carbocycles. The quantitative estimate of drug-likeness (QED) is 0.819. The number of nitriles is 1. The van der Waals surface area contributed by atoms with Crippen LogP contribution in [0.5, 0.6) is 0 Å². The van der Waals surface area contributed by atoms with Crippen molar-refractivity contribution in [2.75, 3.05) is 31.1 Å². The van der Waals surface area contributed by atoms with Crippen molar-refractivity contribution in [3.63, 3.8) is 0 Å². The van der Waals surface area contributed by atoms with Crippen LogP contribution in [0.15, 0.2) is 24.4 Å². The number of amides is 1. The lowest BCUT2D eigenvalue weighted by Crippen LogP contribution is -2.49. The van der Waals surface area contributed by atoms with Gasteiger partial charge in [0, 0.05) is 37.3 Å². The molecule has 0 bridgehead atoms. The lowest BCUT2D eigenvalue weighted by atomic mass is 9.90. The fourth-order valence-electron chi connectivity index (χ4n) is 3.82. The number of piperazine rings is 1. The molecule has 1 atom stereocenters. The monoisotopic (exact) mass is 366 g/mol. The van der Waals surface area contributed by atoms with Crippen LogP contribution in [0.1, 0.15) is 39.0 Å². The van der Waals surface area contributed by atoms with Crippen molar-refractivity contribution in [2.24, 2.45) is 5.92 Å². The minimum absolute atomic E-state index is 0.151. The topological polar surface area (TPSA) is 60.2 Å². The third-order valence-corrected chi connectivity index (χ3v) is 6.54. The van der Waals surface area contributed by atoms with Gasteiger partial charge in [-0.05, 0) is 48.9 Å². The molecule has 26 heavy (non-hydrogen) atoms. The van der Waals surface area contributed by atoms with Crippen molar-refractivity contribution in [1.82, 2.24) is 9.88 Å². The second-order valence-electron chi connectivity index (χ2n) is 7.17. The molecule has 5 nitrogen and oxygen atoms in total. The summed E-state index contributed by atoms with van der Waals surface area (Å²) in [6, 6.07) is 7.89. The van der Waals surface area contributed by atoms with Crippen molar-refractivity contribution in [3.8, 4) is 6.07 Å². The molecule has 2 aromatic heterocycles. The van der Waals surface area contributed by atoms with E-state index in [9.17, 15) is 10.1 Å². The van der Waals surface area contributed by atoms with Crippen molar-refractivity contribution >= 4 is 23.1 Å². The van der Waals surface area contributed by atoms with Crippen LogP contribution in [0.3, 0.4) is 0 Å². The number of pyridine rings is 1. The van der Waals surface area contributed by atoms with Gasteiger partial charge in [0.05, 0.1) is 10.4 Å². The number of hydrogen-bond donors (Lipinski definition) is 0. The van der Waals surface area contributed by atoms with Gasteiger partial charge in [-0.1, -0.05) is 6.92 Å². The smallest absolute Gasteiger partial charge is 0.264 e. The SMILES string of the molecule is CC1CCc2sc(C(=O)N3CCN(c4ncccc4C#N)CC3)cc2C1. The van der Waals surface area contributed by atoms with Crippen LogP contribution in [-0.4, -0.2) is 42.0 Å². The summed E-state index contributed by atoms with van der Waals surface area (Å²) in [4.78, 5) is 23.6. The van der Waals surface area contributed by atoms with Gasteiger partial charge in [0.15, 0.2) is 0 Å². The van der Waals surface area contributed by atoms with E-state index in [-0.39, 0.29) is 5.91 Å². The van der Waals surface area contributed by atoms with E-state index in [0.717, 1.165) is 29.5 Å². The largest absolute Gasteiger partial charge is 0.352 e. The highest BCUT2D eigenvalue weighted by atomic mass is 32.1. The molecule has 4 rings (SSSR count). The number of anilines is 1. The minimum Gasteiger partial charge on any atom is -0.352 e. The molecule has 0 N–H and O–H groups in total. The van der Waals surface area contributed by atoms with Crippen molar-refractivity contribution < 1.29 is 4.79 Å². The van der Waals surface area contributed by atoms with E-state index in [2.05, 4.69) is 28.9 Å². The molecule has 0 spiro atoms. The average molecular weight is 366 g/mol. The van der Waals surface area contributed by atoms with Gasteiger partial charge in [0.2, 0.25) is 0 Å². The number of aromatic nitrogens is 1. The van der Waals surface area contributed by atoms with Gasteiger partial charge < -0.3 is 9.80 Å². The second kappa shape index (κ2) is 7.08. The molecule has 2 aromatic rings. The number of aryl methyl sites for hydroxylation is 1. The molecule has 1 fully saturated rings. The summed E-state index contributed by atoms with van der Waals surface area (Å²) >= 11 is 1.68. The Morgan fingerprint density at radius 3 is 2.92 bits per heavy atom. The number of carbonyl (C=O) groups is 1. The number of thiophene rings is 1. The fraction of sp³-hybridized carbons (Fsp3) is 0.450. The Morgan fingerprint density at radius 2 is 2.15 bits per heavy atom. The van der Waals surface area contributed by atoms with Crippen LogP contribution in [0, 0.1) is 17.2 Å². The Bertz CT molecular complexity index is 861. The van der Waals surface area contributed by atoms with Crippen LogP contribution in [0.2, 0.25) is 0 Å². The van der Waals surface area contributed by atoms with E-state index in [1.54, 1.807) is 29.7 Å². The maximum Gasteiger partial charge on any atom is 0.264 e. The van der Waals surface area contributed by atoms with Crippen LogP contribution in [-0.2, 0) is 12.8 Å². The van der Waals surface area contributed by atoms with Gasteiger partial charge in [0.1, 0.15) is 11.9 Å². The summed E-state index contributed by atoms with van der Waals surface area (Å²) in [6.07, 6.45) is 5.15. The third-order valence-electron chi connectivity index (χ3n) is 5.31. The zero-order valence-corrected chi connectivity index (χ0v) is 15.8. The third kappa shape index (κ3) is 3.19. The number of fused-ring (bicyclic) bond motifs is 1. The minimum atomic E-state index is 0.151. The van der Waals surface area contributed by atoms with Gasteiger partial charge in [-0.15, -0.1) is 11.3 Å². The van der Waals surface area contributed by atoms with Crippen molar-refractivity contribution in [1.29, 1.82) is 5.26 Å². The molecule has 0 saturated carbocycles. The average Bonchev–Trinajstić information content (AvgIpc) is 3.10. The highest BCUT2D eigenvalue weighted by Gasteiger charge is 2.27. The van der Waals surface area contributed by atoms with Crippen LogP contribution >= 0.6 is 11.3 Å². The van der Waals surface area contributed by atoms with E-state index >= 15 is 0 Å². The van der Waals surface area contributed by atoms with Crippen LogP contribution in [0.4, 0.5) is 5.82 Å². The van der Waals surface area contributed by atoms with E-state index in [1.807, 2.05) is 4.90 Å². The van der Waals surface area contributed by atoms with Gasteiger partial charge in [-0.2, -0.15) is 5.26 Å². The van der Waals surface area contributed by atoms with Gasteiger partial charge in [0.25, 0.3) is 5.91 Å². The maximum atomic E-state index is 12.9. The fourth-order valence-corrected chi connectivity index (χ4v) is 5.00. The molecule has 1 unspecified atom stereocenters. The molecule has 1 saturated heterocycles. The molecule has 0 radical (unpaired) electrons. The first-order valence-electron chi connectivity index (χ1n) is 9.16. The lowest BCUT2D eigenvalue weighted by Gasteiger charge is -2.35. The Balaban J connectivity index is 1.43. The number of nitrogens with zero attached hydrogens (tertiary/aromatic N) is 4. The first-order chi connectivity index (χ1) is 12.7. The van der Waals surface area contributed by atoms with Gasteiger partial charge >= 0.3 is 0 Å². The molecule has 1 aliphatic heterocycles. The van der Waals surface area contributed by atoms with E-state index in [0.29, 0.717) is 31.7 Å². The van der Waals surface area contributed by atoms with E-state index < -0.39 is 0 Å². The Labute approximate surface area is 157 Å². The Kier molecular flexibility index (Phi) is 4.64. The summed E-state index contributed by atoms with van der Waals surface area (Å²) in [5.41, 5.74) is 1.97. The van der Waals surface area contributed by atoms with Crippen LogP contribution < -0.4 is 4.90 Å². The number of hydrogen-bond acceptors (Lipinski definition) is 5. The molecule has 2 aliphatic rings. The summed E-state index contributed by atoms with van der Waals surface area (Å²) in [5.74, 6) is 1.59. The highest BCUT2D eigenvalue weighted by Crippen LogP contribution is 2.33. The van der Waals surface area contributed by atoms with Gasteiger partial charge in [-0.3, -0.25) is 4.79 Å². The molecular weight excluding hydrogens is 344 g/mol. The standard InChI is InChI=1S/C20H22N4OS/c1-14-4-5-17-16(11-14)12-18(26-17)20(25)24-9-7-23(8-10-24)19-15(13-21)3-2-6-22-19/h2-3,6,12,14H,4-5,7-11H2,1H3. The normalized spacial score (nSPS) is 19.8. The summed E-state index contributed by atoms with van der Waals surface area (Å²) < 4.78 is 0. The first-order valence-corrected chi connectivity index (χ1v) is 9.98. The molecule has 0 aromatic carbocycles. The van der Waals surface area contributed by atoms with Gasteiger partial charge in [-0.25, -0.2) is 4.98 Å². The summed E-state index contributed by atoms with van der Waals surface area (Å²) in [5, 5.41) is 9.26. The number of carbonyl (C=O) groups excluding carboxylic acids is 1. The Hall–Kier alpha value is -2.39. The zero-order chi connectivity index (χ0) is 18.1. The van der Waals surface area contributed by atoms with Crippen LogP contribution in [0.25, 0.3) is 0 Å². The molecule has 6 heteroatoms.